The number of amides is 3. The van der Waals surface area contributed by atoms with Gasteiger partial charge >= 0.3 is 11.9 Å². The molecule has 0 aromatic heterocycles. The second kappa shape index (κ2) is 6.97. The van der Waals surface area contributed by atoms with Crippen LogP contribution in [0.4, 0.5) is 10.5 Å². The molecule has 1 unspecified atom stereocenters. The van der Waals surface area contributed by atoms with Crippen molar-refractivity contribution in [3.63, 3.8) is 0 Å². The summed E-state index contributed by atoms with van der Waals surface area (Å²) in [5.41, 5.74) is 3.24. The highest BCUT2D eigenvalue weighted by molar-refractivity contribution is 6.30. The summed E-state index contributed by atoms with van der Waals surface area (Å²) in [5.74, 6) is -0.713. The molecular formula is C22H18ClN2O2+. The lowest BCUT2D eigenvalue weighted by atomic mass is 9.94. The molecule has 4 rings (SSSR count). The molecule has 0 saturated carbocycles. The van der Waals surface area contributed by atoms with Gasteiger partial charge in [0.2, 0.25) is 0 Å². The quantitative estimate of drug-likeness (QED) is 0.738. The number of imide groups is 1. The van der Waals surface area contributed by atoms with Gasteiger partial charge in [0.1, 0.15) is 23.9 Å². The molecule has 2 aliphatic rings. The second-order valence-corrected chi connectivity index (χ2v) is 7.09. The summed E-state index contributed by atoms with van der Waals surface area (Å²) in [6, 6.07) is 14.4. The van der Waals surface area contributed by atoms with Crippen molar-refractivity contribution in [2.75, 3.05) is 4.90 Å². The first-order valence-electron chi connectivity index (χ1n) is 8.73. The van der Waals surface area contributed by atoms with Crippen molar-refractivity contribution in [1.82, 2.24) is 0 Å². The van der Waals surface area contributed by atoms with Crippen LogP contribution in [0.3, 0.4) is 0 Å². The lowest BCUT2D eigenvalue weighted by Crippen LogP contribution is -2.54. The largest absolute Gasteiger partial charge is 0.506 e. The number of benzene rings is 2. The van der Waals surface area contributed by atoms with Gasteiger partial charge in [-0.3, -0.25) is 0 Å². The molecule has 5 heteroatoms. The number of allylic oxidation sites excluding steroid dienone is 3. The van der Waals surface area contributed by atoms with Gasteiger partial charge < -0.3 is 0 Å². The minimum Gasteiger partial charge on any atom is -0.245 e. The van der Waals surface area contributed by atoms with Crippen molar-refractivity contribution < 1.29 is 14.2 Å². The number of nitrogens with zero attached hydrogens (tertiary/aromatic N) is 2. The summed E-state index contributed by atoms with van der Waals surface area (Å²) >= 11 is 6.10. The zero-order valence-corrected chi connectivity index (χ0v) is 15.6. The van der Waals surface area contributed by atoms with E-state index in [4.69, 9.17) is 11.6 Å². The number of aryl methyl sites for hydroxylation is 1. The zero-order chi connectivity index (χ0) is 19.0. The van der Waals surface area contributed by atoms with E-state index in [9.17, 15) is 9.59 Å². The van der Waals surface area contributed by atoms with Crippen molar-refractivity contribution in [1.29, 1.82) is 0 Å². The Balaban J connectivity index is 1.80. The van der Waals surface area contributed by atoms with Gasteiger partial charge in [-0.15, -0.1) is 4.90 Å². The molecule has 27 heavy (non-hydrogen) atoms. The molecule has 0 saturated heterocycles. The van der Waals surface area contributed by atoms with Crippen LogP contribution in [-0.2, 0) is 11.3 Å². The van der Waals surface area contributed by atoms with Crippen molar-refractivity contribution in [3.05, 3.63) is 89.0 Å². The maximum atomic E-state index is 13.3. The lowest BCUT2D eigenvalue weighted by Gasteiger charge is -2.26. The number of carbonyl (C=O) groups is 2. The summed E-state index contributed by atoms with van der Waals surface area (Å²) in [4.78, 5) is 27.6. The monoisotopic (exact) mass is 377 g/mol. The van der Waals surface area contributed by atoms with E-state index in [1.165, 1.54) is 4.90 Å². The first kappa shape index (κ1) is 17.4. The minimum atomic E-state index is -0.479. The molecule has 1 heterocycles. The number of halogens is 1. The highest BCUT2D eigenvalue weighted by Crippen LogP contribution is 2.26. The first-order valence-corrected chi connectivity index (χ1v) is 9.11. The highest BCUT2D eigenvalue weighted by Gasteiger charge is 2.47. The molecule has 0 bridgehead atoms. The number of carbonyl (C=O) groups excluding carboxylic acids is 2. The van der Waals surface area contributed by atoms with Crippen molar-refractivity contribution >= 4 is 34.9 Å². The summed E-state index contributed by atoms with van der Waals surface area (Å²) in [6.45, 7) is 2.31. The summed E-state index contributed by atoms with van der Waals surface area (Å²) in [5, 5.41) is 0.615. The van der Waals surface area contributed by atoms with Crippen LogP contribution in [-0.4, -0.2) is 22.2 Å². The fourth-order valence-electron chi connectivity index (χ4n) is 3.37. The third kappa shape index (κ3) is 3.24. The number of urea groups is 1. The molecule has 0 spiro atoms. The topological polar surface area (TPSA) is 40.4 Å². The molecule has 1 atom stereocenters. The second-order valence-electron chi connectivity index (χ2n) is 6.65. The maximum Gasteiger partial charge on any atom is 0.506 e. The van der Waals surface area contributed by atoms with E-state index in [2.05, 4.69) is 0 Å². The Kier molecular flexibility index (Phi) is 4.50. The van der Waals surface area contributed by atoms with E-state index in [0.717, 1.165) is 11.1 Å². The summed E-state index contributed by atoms with van der Waals surface area (Å²) in [7, 11) is 0. The number of anilines is 1. The van der Waals surface area contributed by atoms with Crippen LogP contribution in [0.2, 0.25) is 5.02 Å². The van der Waals surface area contributed by atoms with E-state index >= 15 is 0 Å². The van der Waals surface area contributed by atoms with Crippen LogP contribution >= 0.6 is 11.6 Å². The van der Waals surface area contributed by atoms with Gasteiger partial charge in [-0.05, 0) is 42.8 Å². The van der Waals surface area contributed by atoms with Crippen molar-refractivity contribution in [2.45, 2.75) is 13.5 Å². The normalized spacial score (nSPS) is 18.9. The summed E-state index contributed by atoms with van der Waals surface area (Å²) in [6.07, 6.45) is 7.35. The summed E-state index contributed by atoms with van der Waals surface area (Å²) < 4.78 is 1.65. The number of hydrogen-bond acceptors (Lipinski definition) is 2. The first-order chi connectivity index (χ1) is 13.0. The van der Waals surface area contributed by atoms with Crippen LogP contribution in [0.25, 0.3) is 0 Å². The van der Waals surface area contributed by atoms with Gasteiger partial charge in [-0.2, -0.15) is 9.37 Å². The average molecular weight is 378 g/mol. The predicted molar refractivity (Wildman–Crippen MR) is 106 cm³/mol. The number of fused-ring (bicyclic) bond motifs is 1. The van der Waals surface area contributed by atoms with E-state index < -0.39 is 5.92 Å². The molecule has 4 nitrogen and oxygen atoms in total. The lowest BCUT2D eigenvalue weighted by molar-refractivity contribution is -0.445. The van der Waals surface area contributed by atoms with E-state index in [1.54, 1.807) is 22.8 Å². The fraction of sp³-hybridized carbons (Fsp3) is 0.136. The highest BCUT2D eigenvalue weighted by atomic mass is 35.5. The maximum absolute atomic E-state index is 13.3. The molecule has 1 aliphatic carbocycles. The molecule has 1 aliphatic heterocycles. The van der Waals surface area contributed by atoms with Crippen LogP contribution in [0, 0.1) is 12.8 Å². The van der Waals surface area contributed by atoms with Crippen molar-refractivity contribution in [3.8, 4) is 0 Å². The Morgan fingerprint density at radius 1 is 1.07 bits per heavy atom. The third-order valence-corrected chi connectivity index (χ3v) is 4.98. The van der Waals surface area contributed by atoms with E-state index in [1.807, 2.05) is 61.6 Å². The molecular weight excluding hydrogens is 360 g/mol. The fourth-order valence-corrected chi connectivity index (χ4v) is 3.58. The molecule has 0 N–H and O–H groups in total. The SMILES string of the molecule is Cc1ccc(N2C(=O)C3C=CC=CC3=[N+](Cc3cccc(Cl)c3)C2=O)cc1. The average Bonchev–Trinajstić information content (AvgIpc) is 2.67. The Labute approximate surface area is 162 Å². The molecule has 2 aromatic rings. The molecule has 0 fully saturated rings. The van der Waals surface area contributed by atoms with Crippen LogP contribution in [0.1, 0.15) is 11.1 Å². The van der Waals surface area contributed by atoms with Crippen LogP contribution in [0.5, 0.6) is 0 Å². The smallest absolute Gasteiger partial charge is 0.245 e. The Morgan fingerprint density at radius 2 is 1.85 bits per heavy atom. The minimum absolute atomic E-state index is 0.234. The number of hydrogen-bond donors (Lipinski definition) is 0. The van der Waals surface area contributed by atoms with Gasteiger partial charge in [0.05, 0.1) is 0 Å². The standard InChI is InChI=1S/C22H18ClN2O2/c1-15-9-11-18(12-10-15)25-21(26)19-7-2-3-8-20(19)24(22(25)27)14-16-5-4-6-17(23)13-16/h2-13,19H,14H2,1H3/q+1. The van der Waals surface area contributed by atoms with Gasteiger partial charge in [0.25, 0.3) is 0 Å². The van der Waals surface area contributed by atoms with Crippen LogP contribution < -0.4 is 4.90 Å². The Morgan fingerprint density at radius 3 is 2.59 bits per heavy atom. The number of rotatable bonds is 3. The molecule has 0 radical (unpaired) electrons. The van der Waals surface area contributed by atoms with Gasteiger partial charge in [0, 0.05) is 5.02 Å². The Hall–Kier alpha value is -2.98. The Bertz CT molecular complexity index is 1020. The van der Waals surface area contributed by atoms with Gasteiger partial charge in [0.15, 0.2) is 0 Å². The predicted octanol–water partition coefficient (Wildman–Crippen LogP) is 4.51. The van der Waals surface area contributed by atoms with Crippen molar-refractivity contribution in [2.24, 2.45) is 5.92 Å². The molecule has 3 amide bonds. The van der Waals surface area contributed by atoms with Gasteiger partial charge in [-0.25, -0.2) is 4.79 Å². The molecule has 134 valence electrons. The van der Waals surface area contributed by atoms with E-state index in [0.29, 0.717) is 23.0 Å². The van der Waals surface area contributed by atoms with Gasteiger partial charge in [-0.1, -0.05) is 59.7 Å². The third-order valence-electron chi connectivity index (χ3n) is 4.74. The zero-order valence-electron chi connectivity index (χ0n) is 14.8. The van der Waals surface area contributed by atoms with E-state index in [-0.39, 0.29) is 11.9 Å². The van der Waals surface area contributed by atoms with Crippen LogP contribution in [0.15, 0.2) is 72.8 Å². The molecule has 2 aromatic carbocycles.